The summed E-state index contributed by atoms with van der Waals surface area (Å²) in [6, 6.07) is 2.23. The number of hydrogen-bond acceptors (Lipinski definition) is 4. The topological polar surface area (TPSA) is 39.2 Å². The predicted molar refractivity (Wildman–Crippen MR) is 70.4 cm³/mol. The minimum Gasteiger partial charge on any atom is -0.468 e. The van der Waals surface area contributed by atoms with Crippen LogP contribution < -0.4 is 0 Å². The number of ether oxygens (including phenoxy) is 1. The summed E-state index contributed by atoms with van der Waals surface area (Å²) in [5.41, 5.74) is -0.801. The Labute approximate surface area is 119 Å². The van der Waals surface area contributed by atoms with Gasteiger partial charge in [-0.2, -0.15) is 13.2 Å². The number of carbonyl (C=O) groups excluding carboxylic acids is 1. The number of aromatic nitrogens is 1. The third-order valence-electron chi connectivity index (χ3n) is 2.61. The van der Waals surface area contributed by atoms with E-state index in [1.165, 1.54) is 13.2 Å². The predicted octanol–water partition coefficient (Wildman–Crippen LogP) is 3.92. The Morgan fingerprint density at radius 3 is 2.60 bits per heavy atom. The van der Waals surface area contributed by atoms with Gasteiger partial charge in [-0.1, -0.05) is 31.5 Å². The Kier molecular flexibility index (Phi) is 6.32. The number of nitrogens with zero attached hydrogens (tertiary/aromatic N) is 1. The molecule has 0 radical (unpaired) electrons. The molecule has 1 aromatic rings. The van der Waals surface area contributed by atoms with E-state index in [9.17, 15) is 18.0 Å². The first kappa shape index (κ1) is 16.8. The molecule has 0 N–H and O–H groups in total. The third kappa shape index (κ3) is 5.03. The van der Waals surface area contributed by atoms with Gasteiger partial charge in [0, 0.05) is 6.20 Å². The molecule has 0 saturated carbocycles. The first-order valence-corrected chi connectivity index (χ1v) is 7.04. The molecule has 0 bridgehead atoms. The van der Waals surface area contributed by atoms with E-state index in [-0.39, 0.29) is 5.97 Å². The molecule has 3 nitrogen and oxygen atoms in total. The van der Waals surface area contributed by atoms with Crippen LogP contribution in [-0.4, -0.2) is 23.3 Å². The molecule has 0 fully saturated rings. The minimum absolute atomic E-state index is 0.379. The van der Waals surface area contributed by atoms with Gasteiger partial charge in [0.25, 0.3) is 0 Å². The number of thioether (sulfide) groups is 1. The fourth-order valence-corrected chi connectivity index (χ4v) is 2.54. The summed E-state index contributed by atoms with van der Waals surface area (Å²) in [7, 11) is 1.29. The third-order valence-corrected chi connectivity index (χ3v) is 3.81. The summed E-state index contributed by atoms with van der Waals surface area (Å²) in [6.45, 7) is 2.00. The summed E-state index contributed by atoms with van der Waals surface area (Å²) in [5.74, 6) is -0.384. The van der Waals surface area contributed by atoms with E-state index in [2.05, 4.69) is 4.98 Å². The number of rotatable bonds is 6. The van der Waals surface area contributed by atoms with Crippen molar-refractivity contribution in [1.82, 2.24) is 4.98 Å². The second-order valence-corrected chi connectivity index (χ2v) is 5.38. The van der Waals surface area contributed by atoms with Crippen LogP contribution in [0.15, 0.2) is 23.4 Å². The zero-order chi connectivity index (χ0) is 15.2. The van der Waals surface area contributed by atoms with E-state index < -0.39 is 17.0 Å². The lowest BCUT2D eigenvalue weighted by Crippen LogP contribution is -2.19. The fraction of sp³-hybridized carbons (Fsp3) is 0.538. The summed E-state index contributed by atoms with van der Waals surface area (Å²) in [4.78, 5) is 15.3. The van der Waals surface area contributed by atoms with Gasteiger partial charge in [-0.3, -0.25) is 4.79 Å². The number of esters is 1. The SMILES string of the molecule is CCCCC(Sc1ccc(C(F)(F)F)cn1)C(=O)OC. The number of hydrogen-bond donors (Lipinski definition) is 0. The average molecular weight is 307 g/mol. The highest BCUT2D eigenvalue weighted by atomic mass is 32.2. The van der Waals surface area contributed by atoms with Crippen molar-refractivity contribution < 1.29 is 22.7 Å². The maximum absolute atomic E-state index is 12.4. The second kappa shape index (κ2) is 7.52. The van der Waals surface area contributed by atoms with Gasteiger partial charge in [-0.15, -0.1) is 0 Å². The lowest BCUT2D eigenvalue weighted by molar-refractivity contribution is -0.140. The van der Waals surface area contributed by atoms with Gasteiger partial charge in [0.05, 0.1) is 17.7 Å². The van der Waals surface area contributed by atoms with Crippen molar-refractivity contribution in [3.8, 4) is 0 Å². The largest absolute Gasteiger partial charge is 0.468 e. The number of alkyl halides is 3. The van der Waals surface area contributed by atoms with Gasteiger partial charge < -0.3 is 4.74 Å². The molecule has 0 aliphatic rings. The molecule has 0 spiro atoms. The molecule has 1 aromatic heterocycles. The lowest BCUT2D eigenvalue weighted by atomic mass is 10.2. The van der Waals surface area contributed by atoms with Gasteiger partial charge in [0.2, 0.25) is 0 Å². The Morgan fingerprint density at radius 2 is 2.15 bits per heavy atom. The first-order chi connectivity index (χ1) is 9.38. The van der Waals surface area contributed by atoms with Crippen molar-refractivity contribution in [3.63, 3.8) is 0 Å². The van der Waals surface area contributed by atoms with Crippen molar-refractivity contribution in [2.24, 2.45) is 0 Å². The number of methoxy groups -OCH3 is 1. The Bertz CT molecular complexity index is 434. The highest BCUT2D eigenvalue weighted by Crippen LogP contribution is 2.31. The van der Waals surface area contributed by atoms with Crippen LogP contribution in [0.3, 0.4) is 0 Å². The lowest BCUT2D eigenvalue weighted by Gasteiger charge is -2.13. The van der Waals surface area contributed by atoms with Crippen molar-refractivity contribution in [1.29, 1.82) is 0 Å². The van der Waals surface area contributed by atoms with Crippen LogP contribution in [-0.2, 0) is 15.7 Å². The van der Waals surface area contributed by atoms with Gasteiger partial charge in [0.15, 0.2) is 0 Å². The molecule has 1 atom stereocenters. The first-order valence-electron chi connectivity index (χ1n) is 6.16. The fourth-order valence-electron chi connectivity index (χ4n) is 1.51. The highest BCUT2D eigenvalue weighted by molar-refractivity contribution is 8.00. The number of unbranched alkanes of at least 4 members (excludes halogenated alkanes) is 1. The van der Waals surface area contributed by atoms with Crippen molar-refractivity contribution in [2.75, 3.05) is 7.11 Å². The number of carbonyl (C=O) groups is 1. The summed E-state index contributed by atoms with van der Waals surface area (Å²) in [5, 5.41) is -0.0614. The molecule has 112 valence electrons. The monoisotopic (exact) mass is 307 g/mol. The van der Waals surface area contributed by atoms with Crippen molar-refractivity contribution in [3.05, 3.63) is 23.9 Å². The number of halogens is 3. The quantitative estimate of drug-likeness (QED) is 0.590. The molecule has 20 heavy (non-hydrogen) atoms. The normalized spacial score (nSPS) is 13.1. The smallest absolute Gasteiger partial charge is 0.417 e. The standard InChI is InChI=1S/C13H16F3NO2S/c1-3-4-5-10(12(18)19-2)20-11-7-6-9(8-17-11)13(14,15)16/h6-8,10H,3-5H2,1-2H3. The van der Waals surface area contributed by atoms with Crippen LogP contribution in [0, 0.1) is 0 Å². The van der Waals surface area contributed by atoms with Crippen molar-refractivity contribution >= 4 is 17.7 Å². The molecule has 1 heterocycles. The maximum atomic E-state index is 12.4. The van der Waals surface area contributed by atoms with E-state index in [4.69, 9.17) is 4.74 Å². The summed E-state index contributed by atoms with van der Waals surface area (Å²) >= 11 is 1.13. The molecular formula is C13H16F3NO2S. The molecule has 0 saturated heterocycles. The van der Waals surface area contributed by atoms with E-state index in [1.54, 1.807) is 0 Å². The molecule has 0 aromatic carbocycles. The molecule has 0 aliphatic carbocycles. The minimum atomic E-state index is -4.40. The summed E-state index contributed by atoms with van der Waals surface area (Å²) < 4.78 is 41.9. The van der Waals surface area contributed by atoms with Gasteiger partial charge in [-0.05, 0) is 18.6 Å². The van der Waals surface area contributed by atoms with Gasteiger partial charge >= 0.3 is 12.1 Å². The maximum Gasteiger partial charge on any atom is 0.417 e. The van der Waals surface area contributed by atoms with E-state index in [0.717, 1.165) is 36.9 Å². The zero-order valence-corrected chi connectivity index (χ0v) is 12.1. The molecule has 0 aliphatic heterocycles. The molecule has 0 amide bonds. The van der Waals surface area contributed by atoms with E-state index >= 15 is 0 Å². The average Bonchev–Trinajstić information content (AvgIpc) is 2.42. The van der Waals surface area contributed by atoms with Crippen LogP contribution in [0.5, 0.6) is 0 Å². The molecular weight excluding hydrogens is 291 g/mol. The summed E-state index contributed by atoms with van der Waals surface area (Å²) in [6.07, 6.45) is -1.25. The highest BCUT2D eigenvalue weighted by Gasteiger charge is 2.31. The Hall–Kier alpha value is -1.24. The Morgan fingerprint density at radius 1 is 1.45 bits per heavy atom. The molecule has 7 heteroatoms. The molecule has 1 rings (SSSR count). The van der Waals surface area contributed by atoms with Crippen LogP contribution in [0.1, 0.15) is 31.7 Å². The van der Waals surface area contributed by atoms with Gasteiger partial charge in [-0.25, -0.2) is 4.98 Å². The van der Waals surface area contributed by atoms with Gasteiger partial charge in [0.1, 0.15) is 5.25 Å². The van der Waals surface area contributed by atoms with E-state index in [0.29, 0.717) is 11.4 Å². The van der Waals surface area contributed by atoms with Crippen LogP contribution in [0.25, 0.3) is 0 Å². The van der Waals surface area contributed by atoms with E-state index in [1.807, 2.05) is 6.92 Å². The van der Waals surface area contributed by atoms with Crippen LogP contribution in [0.2, 0.25) is 0 Å². The molecule has 1 unspecified atom stereocenters. The Balaban J connectivity index is 2.75. The zero-order valence-electron chi connectivity index (χ0n) is 11.2. The number of pyridine rings is 1. The second-order valence-electron chi connectivity index (χ2n) is 4.15. The van der Waals surface area contributed by atoms with Crippen molar-refractivity contribution in [2.45, 2.75) is 42.6 Å². The van der Waals surface area contributed by atoms with Crippen LogP contribution in [0.4, 0.5) is 13.2 Å². The van der Waals surface area contributed by atoms with Crippen LogP contribution >= 0.6 is 11.8 Å².